The Labute approximate surface area is 125 Å². The average molecular weight is 288 g/mol. The predicted octanol–water partition coefficient (Wildman–Crippen LogP) is 4.15. The number of aromatic carboxylic acids is 1. The number of carboxylic acids is 1. The molecular weight excluding hydrogens is 264 g/mol. The SMILES string of the molecule is CC(C)c1nc2cc(C(=O)O)ccc2n1CC(C)C(C)C. The molecule has 0 aliphatic heterocycles. The van der Waals surface area contributed by atoms with Crippen molar-refractivity contribution in [2.75, 3.05) is 0 Å². The van der Waals surface area contributed by atoms with Crippen LogP contribution in [0.3, 0.4) is 0 Å². The molecule has 1 heterocycles. The molecule has 0 radical (unpaired) electrons. The van der Waals surface area contributed by atoms with Gasteiger partial charge >= 0.3 is 5.97 Å². The summed E-state index contributed by atoms with van der Waals surface area (Å²) in [5.74, 6) is 1.57. The van der Waals surface area contributed by atoms with Crippen molar-refractivity contribution in [2.45, 2.75) is 47.1 Å². The lowest BCUT2D eigenvalue weighted by Gasteiger charge is -2.19. The summed E-state index contributed by atoms with van der Waals surface area (Å²) in [6.07, 6.45) is 0. The lowest BCUT2D eigenvalue weighted by atomic mass is 9.98. The zero-order chi connectivity index (χ0) is 15.7. The first-order valence-electron chi connectivity index (χ1n) is 7.54. The Morgan fingerprint density at radius 1 is 1.24 bits per heavy atom. The third kappa shape index (κ3) is 3.09. The van der Waals surface area contributed by atoms with Gasteiger partial charge in [0.15, 0.2) is 0 Å². The van der Waals surface area contributed by atoms with Crippen LogP contribution >= 0.6 is 0 Å². The van der Waals surface area contributed by atoms with Crippen molar-refractivity contribution in [3.63, 3.8) is 0 Å². The maximum atomic E-state index is 11.1. The highest BCUT2D eigenvalue weighted by atomic mass is 16.4. The molecule has 0 amide bonds. The molecule has 0 bridgehead atoms. The number of hydrogen-bond acceptors (Lipinski definition) is 2. The van der Waals surface area contributed by atoms with Gasteiger partial charge in [0.05, 0.1) is 16.6 Å². The van der Waals surface area contributed by atoms with Crippen molar-refractivity contribution in [2.24, 2.45) is 11.8 Å². The Morgan fingerprint density at radius 3 is 2.43 bits per heavy atom. The summed E-state index contributed by atoms with van der Waals surface area (Å²) in [6, 6.07) is 5.21. The van der Waals surface area contributed by atoms with E-state index in [2.05, 4.69) is 44.2 Å². The number of carboxylic acid groups (broad SMARTS) is 1. The van der Waals surface area contributed by atoms with E-state index < -0.39 is 5.97 Å². The smallest absolute Gasteiger partial charge is 0.335 e. The van der Waals surface area contributed by atoms with Crippen LogP contribution in [0.5, 0.6) is 0 Å². The number of hydrogen-bond donors (Lipinski definition) is 1. The summed E-state index contributed by atoms with van der Waals surface area (Å²) >= 11 is 0. The average Bonchev–Trinajstić information content (AvgIpc) is 2.76. The molecule has 0 saturated carbocycles. The largest absolute Gasteiger partial charge is 0.478 e. The third-order valence-electron chi connectivity index (χ3n) is 4.15. The summed E-state index contributed by atoms with van der Waals surface area (Å²) in [5.41, 5.74) is 2.09. The molecule has 2 aromatic rings. The van der Waals surface area contributed by atoms with Crippen molar-refractivity contribution < 1.29 is 9.90 Å². The fourth-order valence-corrected chi connectivity index (χ4v) is 2.41. The molecule has 21 heavy (non-hydrogen) atoms. The quantitative estimate of drug-likeness (QED) is 0.899. The van der Waals surface area contributed by atoms with Gasteiger partial charge in [0.25, 0.3) is 0 Å². The summed E-state index contributed by atoms with van der Waals surface area (Å²) in [5, 5.41) is 9.11. The van der Waals surface area contributed by atoms with Gasteiger partial charge in [-0.1, -0.05) is 34.6 Å². The van der Waals surface area contributed by atoms with E-state index in [-0.39, 0.29) is 0 Å². The maximum absolute atomic E-state index is 11.1. The normalized spacial score (nSPS) is 13.3. The number of carbonyl (C=O) groups is 1. The molecule has 0 fully saturated rings. The second-order valence-electron chi connectivity index (χ2n) is 6.47. The molecule has 2 rings (SSSR count). The van der Waals surface area contributed by atoms with Crippen molar-refractivity contribution in [1.29, 1.82) is 0 Å². The van der Waals surface area contributed by atoms with E-state index in [9.17, 15) is 4.79 Å². The first-order chi connectivity index (χ1) is 9.81. The van der Waals surface area contributed by atoms with Gasteiger partial charge in [-0.3, -0.25) is 0 Å². The van der Waals surface area contributed by atoms with Gasteiger partial charge in [-0.25, -0.2) is 9.78 Å². The Morgan fingerprint density at radius 2 is 1.90 bits per heavy atom. The van der Waals surface area contributed by atoms with Gasteiger partial charge in [-0.2, -0.15) is 0 Å². The molecule has 1 aromatic carbocycles. The van der Waals surface area contributed by atoms with Gasteiger partial charge < -0.3 is 9.67 Å². The molecule has 0 saturated heterocycles. The molecule has 1 N–H and O–H groups in total. The van der Waals surface area contributed by atoms with Crippen molar-refractivity contribution in [3.05, 3.63) is 29.6 Å². The van der Waals surface area contributed by atoms with E-state index >= 15 is 0 Å². The lowest BCUT2D eigenvalue weighted by Crippen LogP contribution is -2.15. The highest BCUT2D eigenvalue weighted by molar-refractivity contribution is 5.92. The van der Waals surface area contributed by atoms with E-state index in [1.807, 2.05) is 6.07 Å². The van der Waals surface area contributed by atoms with Gasteiger partial charge in [0.2, 0.25) is 0 Å². The standard InChI is InChI=1S/C17H24N2O2/c1-10(2)12(5)9-19-15-7-6-13(17(20)21)8-14(15)18-16(19)11(3)4/h6-8,10-12H,9H2,1-5H3,(H,20,21). The number of aromatic nitrogens is 2. The molecule has 1 aromatic heterocycles. The summed E-state index contributed by atoms with van der Waals surface area (Å²) in [7, 11) is 0. The third-order valence-corrected chi connectivity index (χ3v) is 4.15. The van der Waals surface area contributed by atoms with Gasteiger partial charge in [-0.15, -0.1) is 0 Å². The Hall–Kier alpha value is -1.84. The van der Waals surface area contributed by atoms with Crippen LogP contribution < -0.4 is 0 Å². The highest BCUT2D eigenvalue weighted by Crippen LogP contribution is 2.25. The monoisotopic (exact) mass is 288 g/mol. The molecule has 114 valence electrons. The molecule has 0 aliphatic rings. The number of fused-ring (bicyclic) bond motifs is 1. The second kappa shape index (κ2) is 5.88. The Bertz CT molecular complexity index is 656. The van der Waals surface area contributed by atoms with E-state index in [0.717, 1.165) is 23.4 Å². The van der Waals surface area contributed by atoms with Gasteiger partial charge in [-0.05, 0) is 30.0 Å². The summed E-state index contributed by atoms with van der Waals surface area (Å²) in [4.78, 5) is 15.8. The zero-order valence-electron chi connectivity index (χ0n) is 13.4. The summed E-state index contributed by atoms with van der Waals surface area (Å²) < 4.78 is 2.25. The molecule has 0 aliphatic carbocycles. The van der Waals surface area contributed by atoms with Crippen LogP contribution in [0.4, 0.5) is 0 Å². The summed E-state index contributed by atoms with van der Waals surface area (Å²) in [6.45, 7) is 11.8. The number of nitrogens with zero attached hydrogens (tertiary/aromatic N) is 2. The van der Waals surface area contributed by atoms with Crippen LogP contribution in [-0.2, 0) is 6.54 Å². The number of benzene rings is 1. The Balaban J connectivity index is 2.55. The lowest BCUT2D eigenvalue weighted by molar-refractivity contribution is 0.0697. The fraction of sp³-hybridized carbons (Fsp3) is 0.529. The van der Waals surface area contributed by atoms with Crippen LogP contribution in [0.1, 0.15) is 56.7 Å². The first-order valence-corrected chi connectivity index (χ1v) is 7.54. The zero-order valence-corrected chi connectivity index (χ0v) is 13.4. The minimum atomic E-state index is -0.909. The second-order valence-corrected chi connectivity index (χ2v) is 6.47. The van der Waals surface area contributed by atoms with Crippen molar-refractivity contribution in [3.8, 4) is 0 Å². The minimum absolute atomic E-state index is 0.291. The van der Waals surface area contributed by atoms with Crippen molar-refractivity contribution in [1.82, 2.24) is 9.55 Å². The van der Waals surface area contributed by atoms with Gasteiger partial charge in [0.1, 0.15) is 5.82 Å². The van der Waals surface area contributed by atoms with E-state index in [1.54, 1.807) is 12.1 Å². The minimum Gasteiger partial charge on any atom is -0.478 e. The van der Waals surface area contributed by atoms with Crippen molar-refractivity contribution >= 4 is 17.0 Å². The van der Waals surface area contributed by atoms with Crippen LogP contribution in [0.2, 0.25) is 0 Å². The fourth-order valence-electron chi connectivity index (χ4n) is 2.41. The first kappa shape index (κ1) is 15.5. The molecule has 4 nitrogen and oxygen atoms in total. The van der Waals surface area contributed by atoms with E-state index in [0.29, 0.717) is 23.3 Å². The van der Waals surface area contributed by atoms with Crippen LogP contribution in [0.25, 0.3) is 11.0 Å². The van der Waals surface area contributed by atoms with E-state index in [4.69, 9.17) is 5.11 Å². The van der Waals surface area contributed by atoms with Crippen LogP contribution in [0.15, 0.2) is 18.2 Å². The molecular formula is C17H24N2O2. The molecule has 4 heteroatoms. The highest BCUT2D eigenvalue weighted by Gasteiger charge is 2.18. The Kier molecular flexibility index (Phi) is 4.35. The predicted molar refractivity (Wildman–Crippen MR) is 84.8 cm³/mol. The number of rotatable bonds is 5. The number of imidazole rings is 1. The molecule has 1 unspecified atom stereocenters. The van der Waals surface area contributed by atoms with E-state index in [1.165, 1.54) is 0 Å². The molecule has 1 atom stereocenters. The van der Waals surface area contributed by atoms with Crippen LogP contribution in [-0.4, -0.2) is 20.6 Å². The van der Waals surface area contributed by atoms with Gasteiger partial charge in [0, 0.05) is 12.5 Å². The van der Waals surface area contributed by atoms with Crippen LogP contribution in [0, 0.1) is 11.8 Å². The molecule has 0 spiro atoms. The maximum Gasteiger partial charge on any atom is 0.335 e. The topological polar surface area (TPSA) is 55.1 Å².